The molecule has 0 aliphatic rings. The molecule has 4 heteroatoms. The first-order chi connectivity index (χ1) is 12.7. The second kappa shape index (κ2) is 8.62. The Kier molecular flexibility index (Phi) is 5.78. The first-order valence-corrected chi connectivity index (χ1v) is 8.37. The minimum atomic E-state index is -0.229. The van der Waals surface area contributed by atoms with Crippen molar-refractivity contribution in [3.63, 3.8) is 0 Å². The van der Waals surface area contributed by atoms with Crippen LogP contribution in [0.4, 0.5) is 0 Å². The van der Waals surface area contributed by atoms with E-state index in [1.807, 2.05) is 79.7 Å². The van der Waals surface area contributed by atoms with Gasteiger partial charge in [-0.2, -0.15) is 5.10 Å². The van der Waals surface area contributed by atoms with E-state index >= 15 is 0 Å². The molecule has 1 amide bonds. The molecule has 3 aromatic rings. The van der Waals surface area contributed by atoms with Gasteiger partial charge in [0.05, 0.1) is 6.21 Å². The summed E-state index contributed by atoms with van der Waals surface area (Å²) in [5.41, 5.74) is 6.16. The van der Waals surface area contributed by atoms with Gasteiger partial charge in [0, 0.05) is 5.56 Å². The number of carbonyl (C=O) groups is 1. The third-order valence-corrected chi connectivity index (χ3v) is 3.79. The summed E-state index contributed by atoms with van der Waals surface area (Å²) < 4.78 is 5.74. The number of amides is 1. The van der Waals surface area contributed by atoms with Gasteiger partial charge in [-0.3, -0.25) is 4.79 Å². The van der Waals surface area contributed by atoms with Crippen molar-refractivity contribution in [2.75, 3.05) is 0 Å². The summed E-state index contributed by atoms with van der Waals surface area (Å²) in [6, 6.07) is 24.9. The fourth-order valence-corrected chi connectivity index (χ4v) is 2.41. The molecular formula is C22H20N2O2. The molecule has 0 saturated carbocycles. The molecule has 0 spiro atoms. The molecule has 3 aromatic carbocycles. The number of aryl methyl sites for hydroxylation is 1. The van der Waals surface area contributed by atoms with Crippen LogP contribution in [0.25, 0.3) is 0 Å². The summed E-state index contributed by atoms with van der Waals surface area (Å²) in [5, 5.41) is 4.01. The summed E-state index contributed by atoms with van der Waals surface area (Å²) in [7, 11) is 0. The molecule has 4 nitrogen and oxygen atoms in total. The van der Waals surface area contributed by atoms with Crippen molar-refractivity contribution in [2.45, 2.75) is 13.5 Å². The van der Waals surface area contributed by atoms with E-state index in [4.69, 9.17) is 4.74 Å². The van der Waals surface area contributed by atoms with E-state index in [-0.39, 0.29) is 5.91 Å². The van der Waals surface area contributed by atoms with Crippen molar-refractivity contribution in [3.8, 4) is 5.75 Å². The topological polar surface area (TPSA) is 50.7 Å². The van der Waals surface area contributed by atoms with Crippen LogP contribution in [0.3, 0.4) is 0 Å². The van der Waals surface area contributed by atoms with Gasteiger partial charge >= 0.3 is 0 Å². The van der Waals surface area contributed by atoms with Crippen LogP contribution in [0.5, 0.6) is 5.75 Å². The fraction of sp³-hybridized carbons (Fsp3) is 0.0909. The highest BCUT2D eigenvalue weighted by atomic mass is 16.5. The van der Waals surface area contributed by atoms with Gasteiger partial charge in [-0.1, -0.05) is 48.0 Å². The van der Waals surface area contributed by atoms with E-state index < -0.39 is 0 Å². The molecule has 130 valence electrons. The zero-order valence-corrected chi connectivity index (χ0v) is 14.6. The van der Waals surface area contributed by atoms with Gasteiger partial charge in [-0.05, 0) is 54.4 Å². The second-order valence-corrected chi connectivity index (χ2v) is 5.91. The van der Waals surface area contributed by atoms with Crippen LogP contribution < -0.4 is 10.2 Å². The number of hydrogen-bond acceptors (Lipinski definition) is 3. The van der Waals surface area contributed by atoms with E-state index in [2.05, 4.69) is 10.5 Å². The molecule has 0 unspecified atom stereocenters. The minimum absolute atomic E-state index is 0.229. The maximum atomic E-state index is 12.0. The predicted molar refractivity (Wildman–Crippen MR) is 103 cm³/mol. The lowest BCUT2D eigenvalue weighted by molar-refractivity contribution is 0.0955. The van der Waals surface area contributed by atoms with Crippen LogP contribution in [-0.2, 0) is 6.61 Å². The molecule has 0 aromatic heterocycles. The summed E-state index contributed by atoms with van der Waals surface area (Å²) in [6.45, 7) is 2.47. The predicted octanol–water partition coefficient (Wildman–Crippen LogP) is 4.34. The van der Waals surface area contributed by atoms with Crippen LogP contribution >= 0.6 is 0 Å². The zero-order valence-electron chi connectivity index (χ0n) is 14.6. The number of carbonyl (C=O) groups excluding carboxylic acids is 1. The Morgan fingerprint density at radius 3 is 2.50 bits per heavy atom. The monoisotopic (exact) mass is 344 g/mol. The third kappa shape index (κ3) is 5.05. The largest absolute Gasteiger partial charge is 0.489 e. The van der Waals surface area contributed by atoms with Gasteiger partial charge in [-0.15, -0.1) is 0 Å². The van der Waals surface area contributed by atoms with Gasteiger partial charge in [0.25, 0.3) is 5.91 Å². The molecule has 0 aliphatic carbocycles. The highest BCUT2D eigenvalue weighted by Crippen LogP contribution is 2.13. The van der Waals surface area contributed by atoms with Crippen LogP contribution in [0.2, 0.25) is 0 Å². The maximum Gasteiger partial charge on any atom is 0.271 e. The van der Waals surface area contributed by atoms with E-state index in [0.717, 1.165) is 22.4 Å². The Hall–Kier alpha value is -3.40. The molecule has 0 aliphatic heterocycles. The molecule has 0 radical (unpaired) electrons. The fourth-order valence-electron chi connectivity index (χ4n) is 2.41. The second-order valence-electron chi connectivity index (χ2n) is 5.91. The highest BCUT2D eigenvalue weighted by molar-refractivity contribution is 5.95. The van der Waals surface area contributed by atoms with Gasteiger partial charge < -0.3 is 4.74 Å². The number of hydrogen-bond donors (Lipinski definition) is 1. The number of hydrazone groups is 1. The smallest absolute Gasteiger partial charge is 0.271 e. The molecule has 0 atom stereocenters. The van der Waals surface area contributed by atoms with Crippen molar-refractivity contribution in [2.24, 2.45) is 5.10 Å². The van der Waals surface area contributed by atoms with E-state index in [0.29, 0.717) is 12.2 Å². The van der Waals surface area contributed by atoms with Gasteiger partial charge in [0.15, 0.2) is 0 Å². The number of rotatable bonds is 6. The summed E-state index contributed by atoms with van der Waals surface area (Å²) >= 11 is 0. The van der Waals surface area contributed by atoms with Crippen molar-refractivity contribution in [1.29, 1.82) is 0 Å². The van der Waals surface area contributed by atoms with Crippen LogP contribution in [-0.4, -0.2) is 12.1 Å². The van der Waals surface area contributed by atoms with Crippen LogP contribution in [0, 0.1) is 6.92 Å². The molecule has 3 rings (SSSR count). The summed E-state index contributed by atoms with van der Waals surface area (Å²) in [6.07, 6.45) is 1.61. The van der Waals surface area contributed by atoms with Crippen molar-refractivity contribution in [1.82, 2.24) is 5.43 Å². The lowest BCUT2D eigenvalue weighted by atomic mass is 10.1. The van der Waals surface area contributed by atoms with E-state index in [9.17, 15) is 4.79 Å². The zero-order chi connectivity index (χ0) is 18.2. The number of nitrogens with one attached hydrogen (secondary N) is 1. The summed E-state index contributed by atoms with van der Waals surface area (Å²) in [5.74, 6) is 0.558. The van der Waals surface area contributed by atoms with Gasteiger partial charge in [-0.25, -0.2) is 5.43 Å². The quantitative estimate of drug-likeness (QED) is 0.534. The van der Waals surface area contributed by atoms with Crippen LogP contribution in [0.1, 0.15) is 27.0 Å². The molecule has 0 heterocycles. The normalized spacial score (nSPS) is 10.7. The number of nitrogens with zero attached hydrogens (tertiary/aromatic N) is 1. The maximum absolute atomic E-state index is 12.0. The van der Waals surface area contributed by atoms with Gasteiger partial charge in [0.1, 0.15) is 12.4 Å². The van der Waals surface area contributed by atoms with Gasteiger partial charge in [0.2, 0.25) is 0 Å². The average Bonchev–Trinajstić information content (AvgIpc) is 2.68. The molecular weight excluding hydrogens is 324 g/mol. The molecule has 0 saturated heterocycles. The average molecular weight is 344 g/mol. The van der Waals surface area contributed by atoms with E-state index in [1.165, 1.54) is 0 Å². The molecule has 1 N–H and O–H groups in total. The highest BCUT2D eigenvalue weighted by Gasteiger charge is 2.03. The SMILES string of the molecule is Cc1cccc(C(=O)N/N=C\c2ccc(OCc3ccccc3)cc2)c1. The Morgan fingerprint density at radius 2 is 1.77 bits per heavy atom. The van der Waals surface area contributed by atoms with Crippen molar-refractivity contribution in [3.05, 3.63) is 101 Å². The Balaban J connectivity index is 1.52. The Bertz CT molecular complexity index is 888. The Morgan fingerprint density at radius 1 is 1.00 bits per heavy atom. The van der Waals surface area contributed by atoms with Crippen LogP contribution in [0.15, 0.2) is 84.0 Å². The Labute approximate surface area is 153 Å². The standard InChI is InChI=1S/C22H20N2O2/c1-17-6-5-9-20(14-17)22(25)24-23-15-18-10-12-21(13-11-18)26-16-19-7-3-2-4-8-19/h2-15H,16H2,1H3,(H,24,25)/b23-15-. The number of ether oxygens (including phenoxy) is 1. The first-order valence-electron chi connectivity index (χ1n) is 8.37. The minimum Gasteiger partial charge on any atom is -0.489 e. The summed E-state index contributed by atoms with van der Waals surface area (Å²) in [4.78, 5) is 12.0. The van der Waals surface area contributed by atoms with Crippen molar-refractivity contribution < 1.29 is 9.53 Å². The third-order valence-electron chi connectivity index (χ3n) is 3.79. The lowest BCUT2D eigenvalue weighted by Crippen LogP contribution is -2.17. The molecule has 26 heavy (non-hydrogen) atoms. The van der Waals surface area contributed by atoms with Crippen molar-refractivity contribution >= 4 is 12.1 Å². The lowest BCUT2D eigenvalue weighted by Gasteiger charge is -2.06. The first kappa shape index (κ1) is 17.4. The molecule has 0 bridgehead atoms. The van der Waals surface area contributed by atoms with E-state index in [1.54, 1.807) is 12.3 Å². The number of benzene rings is 3. The molecule has 0 fully saturated rings.